The minimum atomic E-state index is -0.364. The Kier molecular flexibility index (Phi) is 4.95. The molecule has 1 amide bonds. The molecule has 1 aromatic heterocycles. The Labute approximate surface area is 120 Å². The van der Waals surface area contributed by atoms with Gasteiger partial charge in [0.1, 0.15) is 5.82 Å². The lowest BCUT2D eigenvalue weighted by atomic mass is 10.0. The van der Waals surface area contributed by atoms with Gasteiger partial charge in [-0.3, -0.25) is 4.79 Å². The zero-order valence-corrected chi connectivity index (χ0v) is 12.3. The number of nitrogens with two attached hydrogens (primary N) is 1. The number of carbonyl (C=O) groups excluding carboxylic acids is 1. The molecule has 1 atom stereocenters. The van der Waals surface area contributed by atoms with Gasteiger partial charge in [0.25, 0.3) is 0 Å². The molecule has 1 aliphatic heterocycles. The van der Waals surface area contributed by atoms with Crippen molar-refractivity contribution in [3.63, 3.8) is 0 Å². The molecule has 0 bridgehead atoms. The molecule has 2 rings (SSSR count). The monoisotopic (exact) mass is 276 g/mol. The van der Waals surface area contributed by atoms with Gasteiger partial charge in [0.15, 0.2) is 0 Å². The van der Waals surface area contributed by atoms with E-state index in [9.17, 15) is 4.79 Å². The van der Waals surface area contributed by atoms with Crippen molar-refractivity contribution in [2.24, 2.45) is 11.7 Å². The summed E-state index contributed by atoms with van der Waals surface area (Å²) in [6, 6.07) is 5.53. The van der Waals surface area contributed by atoms with Gasteiger partial charge in [-0.2, -0.15) is 0 Å². The topological polar surface area (TPSA) is 62.5 Å². The minimum Gasteiger partial charge on any atom is -0.353 e. The Morgan fingerprint density at radius 3 is 2.55 bits per heavy atom. The molecule has 20 heavy (non-hydrogen) atoms. The maximum absolute atomic E-state index is 12.2. The van der Waals surface area contributed by atoms with Crippen LogP contribution in [0.3, 0.4) is 0 Å². The van der Waals surface area contributed by atoms with Crippen LogP contribution < -0.4 is 10.6 Å². The van der Waals surface area contributed by atoms with Crippen molar-refractivity contribution in [3.05, 3.63) is 24.4 Å². The van der Waals surface area contributed by atoms with Crippen LogP contribution in [-0.4, -0.2) is 48.0 Å². The van der Waals surface area contributed by atoms with Crippen molar-refractivity contribution in [2.75, 3.05) is 31.1 Å². The Morgan fingerprint density at radius 1 is 1.30 bits per heavy atom. The number of rotatable bonds is 4. The van der Waals surface area contributed by atoms with Gasteiger partial charge in [0.2, 0.25) is 5.91 Å². The molecule has 5 nitrogen and oxygen atoms in total. The molecule has 0 aliphatic carbocycles. The zero-order chi connectivity index (χ0) is 14.5. The van der Waals surface area contributed by atoms with E-state index in [0.29, 0.717) is 5.92 Å². The van der Waals surface area contributed by atoms with Gasteiger partial charge >= 0.3 is 0 Å². The molecular weight excluding hydrogens is 252 g/mol. The van der Waals surface area contributed by atoms with E-state index in [4.69, 9.17) is 5.73 Å². The summed E-state index contributed by atoms with van der Waals surface area (Å²) in [7, 11) is 0. The van der Waals surface area contributed by atoms with Crippen LogP contribution in [0, 0.1) is 5.92 Å². The molecule has 2 heterocycles. The van der Waals surface area contributed by atoms with E-state index >= 15 is 0 Å². The third-order valence-electron chi connectivity index (χ3n) is 3.61. The van der Waals surface area contributed by atoms with Crippen LogP contribution in [0.25, 0.3) is 0 Å². The van der Waals surface area contributed by atoms with Crippen molar-refractivity contribution >= 4 is 11.7 Å². The van der Waals surface area contributed by atoms with Gasteiger partial charge < -0.3 is 15.5 Å². The third-order valence-corrected chi connectivity index (χ3v) is 3.61. The Balaban J connectivity index is 1.86. The first-order valence-corrected chi connectivity index (χ1v) is 7.28. The van der Waals surface area contributed by atoms with Crippen LogP contribution in [0.1, 0.15) is 20.3 Å². The first-order valence-electron chi connectivity index (χ1n) is 7.28. The molecule has 5 heteroatoms. The molecule has 2 N–H and O–H groups in total. The summed E-state index contributed by atoms with van der Waals surface area (Å²) < 4.78 is 0. The van der Waals surface area contributed by atoms with Crippen molar-refractivity contribution in [1.29, 1.82) is 0 Å². The summed E-state index contributed by atoms with van der Waals surface area (Å²) in [4.78, 5) is 20.7. The second-order valence-corrected chi connectivity index (χ2v) is 5.74. The van der Waals surface area contributed by atoms with Crippen LogP contribution in [-0.2, 0) is 4.79 Å². The van der Waals surface area contributed by atoms with E-state index in [2.05, 4.69) is 23.7 Å². The quantitative estimate of drug-likeness (QED) is 0.894. The maximum Gasteiger partial charge on any atom is 0.239 e. The molecule has 1 saturated heterocycles. The highest BCUT2D eigenvalue weighted by Crippen LogP contribution is 2.14. The van der Waals surface area contributed by atoms with Crippen LogP contribution in [0.4, 0.5) is 5.82 Å². The minimum absolute atomic E-state index is 0.0828. The third kappa shape index (κ3) is 3.70. The SMILES string of the molecule is CC(C)C[C@H](N)C(=O)N1CCN(c2ccccn2)CC1. The van der Waals surface area contributed by atoms with E-state index < -0.39 is 0 Å². The Bertz CT molecular complexity index is 427. The number of hydrogen-bond acceptors (Lipinski definition) is 4. The van der Waals surface area contributed by atoms with E-state index in [0.717, 1.165) is 38.4 Å². The highest BCUT2D eigenvalue weighted by Gasteiger charge is 2.25. The predicted molar refractivity (Wildman–Crippen MR) is 80.5 cm³/mol. The molecule has 110 valence electrons. The maximum atomic E-state index is 12.2. The second-order valence-electron chi connectivity index (χ2n) is 5.74. The number of pyridine rings is 1. The average Bonchev–Trinajstić information content (AvgIpc) is 2.47. The van der Waals surface area contributed by atoms with E-state index in [1.54, 1.807) is 6.20 Å². The molecular formula is C15H24N4O. The fourth-order valence-electron chi connectivity index (χ4n) is 2.54. The van der Waals surface area contributed by atoms with Crippen molar-refractivity contribution in [1.82, 2.24) is 9.88 Å². The lowest BCUT2D eigenvalue weighted by Crippen LogP contribution is -2.53. The first-order chi connectivity index (χ1) is 9.58. The van der Waals surface area contributed by atoms with Crippen molar-refractivity contribution in [2.45, 2.75) is 26.3 Å². The van der Waals surface area contributed by atoms with Gasteiger partial charge in [-0.1, -0.05) is 19.9 Å². The summed E-state index contributed by atoms with van der Waals surface area (Å²) in [6.45, 7) is 7.26. The molecule has 0 spiro atoms. The van der Waals surface area contributed by atoms with Gasteiger partial charge in [-0.05, 0) is 24.5 Å². The number of hydrogen-bond donors (Lipinski definition) is 1. The van der Waals surface area contributed by atoms with Gasteiger partial charge in [0.05, 0.1) is 6.04 Å². The van der Waals surface area contributed by atoms with Crippen molar-refractivity contribution < 1.29 is 4.79 Å². The van der Waals surface area contributed by atoms with Crippen LogP contribution in [0.15, 0.2) is 24.4 Å². The molecule has 0 radical (unpaired) electrons. The first kappa shape index (κ1) is 14.8. The average molecular weight is 276 g/mol. The van der Waals surface area contributed by atoms with E-state index in [1.807, 2.05) is 23.1 Å². The van der Waals surface area contributed by atoms with Gasteiger partial charge in [0, 0.05) is 32.4 Å². The normalized spacial score (nSPS) is 17.4. The van der Waals surface area contributed by atoms with Gasteiger partial charge in [-0.15, -0.1) is 0 Å². The summed E-state index contributed by atoms with van der Waals surface area (Å²) >= 11 is 0. The predicted octanol–water partition coefficient (Wildman–Crippen LogP) is 1.10. The highest BCUT2D eigenvalue weighted by molar-refractivity contribution is 5.81. The van der Waals surface area contributed by atoms with Crippen molar-refractivity contribution in [3.8, 4) is 0 Å². The molecule has 1 aliphatic rings. The molecule has 0 saturated carbocycles. The molecule has 0 aromatic carbocycles. The highest BCUT2D eigenvalue weighted by atomic mass is 16.2. The molecule has 1 fully saturated rings. The summed E-state index contributed by atoms with van der Waals surface area (Å²) in [6.07, 6.45) is 2.55. The van der Waals surface area contributed by atoms with Crippen LogP contribution in [0.2, 0.25) is 0 Å². The lowest BCUT2D eigenvalue weighted by molar-refractivity contribution is -0.133. The summed E-state index contributed by atoms with van der Waals surface area (Å²) in [5, 5.41) is 0. The Morgan fingerprint density at radius 2 is 2.00 bits per heavy atom. The molecule has 0 unspecified atom stereocenters. The number of aromatic nitrogens is 1. The van der Waals surface area contributed by atoms with E-state index in [1.165, 1.54) is 0 Å². The lowest BCUT2D eigenvalue weighted by Gasteiger charge is -2.36. The fraction of sp³-hybridized carbons (Fsp3) is 0.600. The van der Waals surface area contributed by atoms with Gasteiger partial charge in [-0.25, -0.2) is 4.98 Å². The smallest absolute Gasteiger partial charge is 0.239 e. The van der Waals surface area contributed by atoms with Crippen LogP contribution in [0.5, 0.6) is 0 Å². The standard InChI is InChI=1S/C15H24N4O/c1-12(2)11-13(16)15(20)19-9-7-18(8-10-19)14-5-3-4-6-17-14/h3-6,12-13H,7-11,16H2,1-2H3/t13-/m0/s1. The zero-order valence-electron chi connectivity index (χ0n) is 12.3. The number of amides is 1. The summed E-state index contributed by atoms with van der Waals surface area (Å²) in [5.41, 5.74) is 5.98. The number of nitrogens with zero attached hydrogens (tertiary/aromatic N) is 3. The largest absolute Gasteiger partial charge is 0.353 e. The number of piperazine rings is 1. The fourth-order valence-corrected chi connectivity index (χ4v) is 2.54. The Hall–Kier alpha value is -1.62. The number of carbonyl (C=O) groups is 1. The molecule has 1 aromatic rings. The number of anilines is 1. The summed E-state index contributed by atoms with van der Waals surface area (Å²) in [5.74, 6) is 1.51. The van der Waals surface area contributed by atoms with E-state index in [-0.39, 0.29) is 11.9 Å². The van der Waals surface area contributed by atoms with Crippen LogP contribution >= 0.6 is 0 Å². The second kappa shape index (κ2) is 6.70.